The van der Waals surface area contributed by atoms with Crippen molar-refractivity contribution in [2.75, 3.05) is 28.2 Å². The summed E-state index contributed by atoms with van der Waals surface area (Å²) >= 11 is 0. The first-order valence-electron chi connectivity index (χ1n) is 4.18. The van der Waals surface area contributed by atoms with Crippen molar-refractivity contribution in [3.63, 3.8) is 0 Å². The number of nitrogens with zero attached hydrogens (tertiary/aromatic N) is 3. The molecule has 0 rings (SSSR count). The minimum absolute atomic E-state index is 1.06. The Morgan fingerprint density at radius 3 is 1.33 bits per heavy atom. The van der Waals surface area contributed by atoms with Crippen molar-refractivity contribution in [2.24, 2.45) is 4.66 Å². The monoisotopic (exact) mass is 187 g/mol. The first-order chi connectivity index (χ1) is 5.24. The van der Waals surface area contributed by atoms with Crippen LogP contribution in [-0.4, -0.2) is 52.2 Å². The highest BCUT2D eigenvalue weighted by Gasteiger charge is 2.15. The second kappa shape index (κ2) is 3.94. The molecule has 0 aromatic heterocycles. The molecule has 0 saturated carbocycles. The van der Waals surface area contributed by atoms with Crippen LogP contribution in [0.3, 0.4) is 0 Å². The minimum atomic E-state index is -1.34. The molecule has 0 heterocycles. The summed E-state index contributed by atoms with van der Waals surface area (Å²) in [7, 11) is 6.77. The van der Waals surface area contributed by atoms with Crippen LogP contribution in [-0.2, 0) is 0 Å². The van der Waals surface area contributed by atoms with E-state index in [1.807, 2.05) is 28.2 Å². The molecule has 12 heavy (non-hydrogen) atoms. The van der Waals surface area contributed by atoms with Gasteiger partial charge in [-0.25, -0.2) is 0 Å². The van der Waals surface area contributed by atoms with Gasteiger partial charge < -0.3 is 9.80 Å². The molecule has 0 bridgehead atoms. The van der Waals surface area contributed by atoms with E-state index in [1.165, 1.54) is 0 Å². The molecule has 0 aromatic rings. The summed E-state index contributed by atoms with van der Waals surface area (Å²) in [6.07, 6.45) is 0. The van der Waals surface area contributed by atoms with E-state index in [2.05, 4.69) is 29.4 Å². The van der Waals surface area contributed by atoms with Gasteiger partial charge in [0.05, 0.1) is 0 Å². The summed E-state index contributed by atoms with van der Waals surface area (Å²) in [5.74, 6) is 1.06. The summed E-state index contributed by atoms with van der Waals surface area (Å²) in [5, 5.41) is 0. The number of hydrogen-bond acceptors (Lipinski definition) is 1. The van der Waals surface area contributed by atoms with Crippen LogP contribution in [0.2, 0.25) is 19.6 Å². The molecule has 72 valence electrons. The zero-order valence-corrected chi connectivity index (χ0v) is 10.3. The van der Waals surface area contributed by atoms with Crippen LogP contribution in [0.4, 0.5) is 0 Å². The molecule has 0 aromatic carbocycles. The molecule has 0 atom stereocenters. The van der Waals surface area contributed by atoms with E-state index in [0.717, 1.165) is 5.96 Å². The lowest BCUT2D eigenvalue weighted by atomic mass is 10.7. The third-order valence-corrected chi connectivity index (χ3v) is 2.11. The minimum Gasteiger partial charge on any atom is -0.350 e. The van der Waals surface area contributed by atoms with Gasteiger partial charge in [0, 0.05) is 28.2 Å². The van der Waals surface area contributed by atoms with Crippen molar-refractivity contribution in [1.82, 2.24) is 9.80 Å². The van der Waals surface area contributed by atoms with Gasteiger partial charge in [0.25, 0.3) is 0 Å². The van der Waals surface area contributed by atoms with Crippen LogP contribution in [0.15, 0.2) is 4.66 Å². The Balaban J connectivity index is 4.63. The molecule has 0 aliphatic carbocycles. The Labute approximate surface area is 77.2 Å². The van der Waals surface area contributed by atoms with Gasteiger partial charge in [0.15, 0.2) is 14.2 Å². The second-order valence-corrected chi connectivity index (χ2v) is 8.94. The number of guanidine groups is 1. The van der Waals surface area contributed by atoms with Gasteiger partial charge in [0.2, 0.25) is 0 Å². The zero-order valence-electron chi connectivity index (χ0n) is 9.34. The summed E-state index contributed by atoms with van der Waals surface area (Å²) < 4.78 is 4.72. The molecule has 0 radical (unpaired) electrons. The average Bonchev–Trinajstić information content (AvgIpc) is 1.79. The van der Waals surface area contributed by atoms with Crippen LogP contribution >= 0.6 is 0 Å². The van der Waals surface area contributed by atoms with Crippen molar-refractivity contribution in [2.45, 2.75) is 19.6 Å². The first kappa shape index (κ1) is 11.5. The molecule has 0 amide bonds. The molecule has 0 saturated heterocycles. The van der Waals surface area contributed by atoms with Gasteiger partial charge >= 0.3 is 0 Å². The van der Waals surface area contributed by atoms with Gasteiger partial charge in [-0.2, -0.15) is 0 Å². The lowest BCUT2D eigenvalue weighted by molar-refractivity contribution is 0.485. The van der Waals surface area contributed by atoms with Crippen molar-refractivity contribution in [1.29, 1.82) is 0 Å². The van der Waals surface area contributed by atoms with E-state index in [-0.39, 0.29) is 0 Å². The first-order valence-corrected chi connectivity index (χ1v) is 7.63. The van der Waals surface area contributed by atoms with E-state index in [9.17, 15) is 0 Å². The Bertz CT molecular complexity index is 158. The normalized spacial score (nSPS) is 10.9. The molecular formula is C8H21N3Si. The van der Waals surface area contributed by atoms with Gasteiger partial charge in [-0.15, -0.1) is 0 Å². The highest BCUT2D eigenvalue weighted by molar-refractivity contribution is 6.75. The summed E-state index contributed by atoms with van der Waals surface area (Å²) in [6, 6.07) is 0. The molecule has 0 unspecified atom stereocenters. The van der Waals surface area contributed by atoms with Gasteiger partial charge in [-0.05, 0) is 19.6 Å². The lowest BCUT2D eigenvalue weighted by Crippen LogP contribution is -2.38. The maximum Gasteiger partial charge on any atom is 0.186 e. The van der Waals surface area contributed by atoms with Crippen molar-refractivity contribution < 1.29 is 0 Å². The quantitative estimate of drug-likeness (QED) is 0.350. The fourth-order valence-corrected chi connectivity index (χ4v) is 1.90. The number of rotatable bonds is 1. The second-order valence-electron chi connectivity index (χ2n) is 4.37. The smallest absolute Gasteiger partial charge is 0.186 e. The third-order valence-electron chi connectivity index (χ3n) is 1.24. The van der Waals surface area contributed by atoms with Crippen LogP contribution in [0, 0.1) is 0 Å². The molecule has 0 aliphatic rings. The standard InChI is InChI=1S/C8H21N3Si/c1-10(2)8(11(3)4)9-12(5,6)7/h1-7H3. The van der Waals surface area contributed by atoms with Crippen LogP contribution in [0.25, 0.3) is 0 Å². The molecule has 3 nitrogen and oxygen atoms in total. The highest BCUT2D eigenvalue weighted by atomic mass is 28.3. The molecule has 0 N–H and O–H groups in total. The van der Waals surface area contributed by atoms with Crippen molar-refractivity contribution in [3.8, 4) is 0 Å². The lowest BCUT2D eigenvalue weighted by Gasteiger charge is -2.25. The Morgan fingerprint density at radius 1 is 0.917 bits per heavy atom. The predicted molar refractivity (Wildman–Crippen MR) is 58.2 cm³/mol. The molecule has 4 heteroatoms. The summed E-state index contributed by atoms with van der Waals surface area (Å²) in [6.45, 7) is 6.71. The van der Waals surface area contributed by atoms with Crippen LogP contribution < -0.4 is 0 Å². The van der Waals surface area contributed by atoms with Crippen molar-refractivity contribution >= 4 is 14.2 Å². The Morgan fingerprint density at radius 2 is 1.25 bits per heavy atom. The predicted octanol–water partition coefficient (Wildman–Crippen LogP) is 1.30. The van der Waals surface area contributed by atoms with E-state index < -0.39 is 8.24 Å². The fourth-order valence-electron chi connectivity index (χ4n) is 0.900. The molecule has 0 spiro atoms. The maximum absolute atomic E-state index is 4.72. The summed E-state index contributed by atoms with van der Waals surface area (Å²) in [4.78, 5) is 4.11. The Kier molecular flexibility index (Phi) is 3.77. The van der Waals surface area contributed by atoms with Gasteiger partial charge in [-0.1, -0.05) is 0 Å². The molecule has 0 fully saturated rings. The molecule has 0 aliphatic heterocycles. The van der Waals surface area contributed by atoms with Gasteiger partial charge in [0.1, 0.15) is 0 Å². The third kappa shape index (κ3) is 4.38. The van der Waals surface area contributed by atoms with Crippen molar-refractivity contribution in [3.05, 3.63) is 0 Å². The maximum atomic E-state index is 4.72. The zero-order chi connectivity index (χ0) is 9.94. The van der Waals surface area contributed by atoms with E-state index in [0.29, 0.717) is 0 Å². The topological polar surface area (TPSA) is 18.8 Å². The SMILES string of the molecule is CN(C)C(=N[Si](C)(C)C)N(C)C. The highest BCUT2D eigenvalue weighted by Crippen LogP contribution is 2.04. The summed E-state index contributed by atoms with van der Waals surface area (Å²) in [5.41, 5.74) is 0. The Hall–Kier alpha value is -0.513. The van der Waals surface area contributed by atoms with Crippen LogP contribution in [0.5, 0.6) is 0 Å². The largest absolute Gasteiger partial charge is 0.350 e. The average molecular weight is 187 g/mol. The van der Waals surface area contributed by atoms with E-state index in [4.69, 9.17) is 4.66 Å². The van der Waals surface area contributed by atoms with Crippen LogP contribution in [0.1, 0.15) is 0 Å². The van der Waals surface area contributed by atoms with E-state index >= 15 is 0 Å². The number of hydrogen-bond donors (Lipinski definition) is 0. The van der Waals surface area contributed by atoms with E-state index in [1.54, 1.807) is 0 Å². The van der Waals surface area contributed by atoms with Gasteiger partial charge in [-0.3, -0.25) is 4.66 Å². The fraction of sp³-hybridized carbons (Fsp3) is 0.875. The molecular weight excluding hydrogens is 166 g/mol.